The summed E-state index contributed by atoms with van der Waals surface area (Å²) in [5, 5.41) is 13.4. The van der Waals surface area contributed by atoms with Crippen LogP contribution in [0.2, 0.25) is 0 Å². The van der Waals surface area contributed by atoms with E-state index in [1.54, 1.807) is 0 Å². The molecule has 1 aromatic carbocycles. The second kappa shape index (κ2) is 4.85. The first kappa shape index (κ1) is 12.5. The summed E-state index contributed by atoms with van der Waals surface area (Å²) in [6, 6.07) is 7.49. The van der Waals surface area contributed by atoms with Gasteiger partial charge in [0.05, 0.1) is 0 Å². The Hall–Kier alpha value is -1.55. The number of rotatable bonds is 2. The molecule has 0 unspecified atom stereocenters. The van der Waals surface area contributed by atoms with Gasteiger partial charge in [0, 0.05) is 24.9 Å². The maximum absolute atomic E-state index is 12.1. The number of para-hydroxylation sites is 1. The highest BCUT2D eigenvalue weighted by Crippen LogP contribution is 2.31. The number of ether oxygens (including phenoxy) is 1. The van der Waals surface area contributed by atoms with Crippen LogP contribution in [-0.4, -0.2) is 22.9 Å². The summed E-state index contributed by atoms with van der Waals surface area (Å²) in [5.41, 5.74) is 2.11. The van der Waals surface area contributed by atoms with Crippen LogP contribution in [0.15, 0.2) is 24.3 Å². The van der Waals surface area contributed by atoms with Crippen LogP contribution in [0.5, 0.6) is 0 Å². The predicted molar refractivity (Wildman–Crippen MR) is 71.7 cm³/mol. The van der Waals surface area contributed by atoms with Crippen molar-refractivity contribution in [3.05, 3.63) is 29.8 Å². The number of carbonyl (C=O) groups is 1. The molecule has 1 fully saturated rings. The van der Waals surface area contributed by atoms with Crippen molar-refractivity contribution >= 4 is 11.7 Å². The molecule has 0 aromatic heterocycles. The number of fused-ring (bicyclic) bond motifs is 1. The van der Waals surface area contributed by atoms with E-state index >= 15 is 0 Å². The van der Waals surface area contributed by atoms with E-state index < -0.39 is 5.79 Å². The average Bonchev–Trinajstić information content (AvgIpc) is 2.83. The third-order valence-electron chi connectivity index (χ3n) is 3.98. The van der Waals surface area contributed by atoms with E-state index in [1.807, 2.05) is 24.3 Å². The van der Waals surface area contributed by atoms with E-state index in [0.29, 0.717) is 19.3 Å². The maximum Gasteiger partial charge on any atom is 0.331 e. The molecule has 3 rings (SSSR count). The van der Waals surface area contributed by atoms with E-state index in [-0.39, 0.29) is 12.0 Å². The van der Waals surface area contributed by atoms with Crippen molar-refractivity contribution in [2.75, 3.05) is 5.32 Å². The first-order chi connectivity index (χ1) is 9.16. The minimum atomic E-state index is -1.24. The van der Waals surface area contributed by atoms with Crippen LogP contribution in [0.3, 0.4) is 0 Å². The Morgan fingerprint density at radius 1 is 1.26 bits per heavy atom. The highest BCUT2D eigenvalue weighted by atomic mass is 16.7. The Balaban J connectivity index is 1.63. The van der Waals surface area contributed by atoms with Gasteiger partial charge in [0.25, 0.3) is 0 Å². The van der Waals surface area contributed by atoms with Gasteiger partial charge in [-0.2, -0.15) is 0 Å². The Morgan fingerprint density at radius 3 is 2.74 bits per heavy atom. The summed E-state index contributed by atoms with van der Waals surface area (Å²) in [6.45, 7) is 0. The highest BCUT2D eigenvalue weighted by molar-refractivity contribution is 5.83. The largest absolute Gasteiger partial charge is 0.432 e. The molecule has 1 heterocycles. The van der Waals surface area contributed by atoms with E-state index in [9.17, 15) is 9.90 Å². The summed E-state index contributed by atoms with van der Waals surface area (Å²) in [5.74, 6) is -1.59. The topological polar surface area (TPSA) is 58.6 Å². The SMILES string of the molecule is O=C(OC1(O)CCCCC1)[C@H]1Cc2ccccc2N1. The van der Waals surface area contributed by atoms with Crippen LogP contribution >= 0.6 is 0 Å². The molecule has 0 amide bonds. The van der Waals surface area contributed by atoms with Crippen molar-refractivity contribution in [1.82, 2.24) is 0 Å². The minimum absolute atomic E-state index is 0.347. The van der Waals surface area contributed by atoms with Gasteiger partial charge in [0.2, 0.25) is 5.79 Å². The Morgan fingerprint density at radius 2 is 2.00 bits per heavy atom. The Kier molecular flexibility index (Phi) is 3.19. The molecule has 1 atom stereocenters. The molecule has 1 aliphatic heterocycles. The monoisotopic (exact) mass is 261 g/mol. The molecule has 0 radical (unpaired) electrons. The summed E-state index contributed by atoms with van der Waals surface area (Å²) >= 11 is 0. The molecule has 19 heavy (non-hydrogen) atoms. The van der Waals surface area contributed by atoms with Gasteiger partial charge in [0.1, 0.15) is 6.04 Å². The van der Waals surface area contributed by atoms with Crippen molar-refractivity contribution in [2.45, 2.75) is 50.4 Å². The second-order valence-corrected chi connectivity index (χ2v) is 5.49. The van der Waals surface area contributed by atoms with Gasteiger partial charge in [-0.1, -0.05) is 24.6 Å². The number of benzene rings is 1. The van der Waals surface area contributed by atoms with Crippen LogP contribution in [0.1, 0.15) is 37.7 Å². The quantitative estimate of drug-likeness (QED) is 0.633. The Bertz CT molecular complexity index is 455. The lowest BCUT2D eigenvalue weighted by Gasteiger charge is -2.32. The normalized spacial score (nSPS) is 24.4. The van der Waals surface area contributed by atoms with Gasteiger partial charge in [0.15, 0.2) is 0 Å². The zero-order valence-corrected chi connectivity index (χ0v) is 10.9. The van der Waals surface area contributed by atoms with E-state index in [1.165, 1.54) is 0 Å². The number of esters is 1. The molecule has 4 heteroatoms. The fourth-order valence-electron chi connectivity index (χ4n) is 2.90. The molecule has 1 aromatic rings. The van der Waals surface area contributed by atoms with Crippen LogP contribution in [0.4, 0.5) is 5.69 Å². The van der Waals surface area contributed by atoms with Crippen molar-refractivity contribution in [2.24, 2.45) is 0 Å². The number of hydrogen-bond donors (Lipinski definition) is 2. The van der Waals surface area contributed by atoms with Crippen molar-refractivity contribution < 1.29 is 14.6 Å². The molecule has 4 nitrogen and oxygen atoms in total. The van der Waals surface area contributed by atoms with E-state index in [0.717, 1.165) is 30.5 Å². The number of nitrogens with one attached hydrogen (secondary N) is 1. The molecule has 0 saturated heterocycles. The molecule has 1 saturated carbocycles. The lowest BCUT2D eigenvalue weighted by Crippen LogP contribution is -2.41. The molecule has 0 bridgehead atoms. The molecule has 2 aliphatic rings. The van der Waals surface area contributed by atoms with Crippen molar-refractivity contribution in [3.8, 4) is 0 Å². The fourth-order valence-corrected chi connectivity index (χ4v) is 2.90. The zero-order chi connectivity index (χ0) is 13.3. The van der Waals surface area contributed by atoms with Crippen molar-refractivity contribution in [1.29, 1.82) is 0 Å². The summed E-state index contributed by atoms with van der Waals surface area (Å²) < 4.78 is 5.35. The zero-order valence-electron chi connectivity index (χ0n) is 10.9. The summed E-state index contributed by atoms with van der Waals surface area (Å²) in [4.78, 5) is 12.1. The van der Waals surface area contributed by atoms with Gasteiger partial charge in [-0.15, -0.1) is 0 Å². The second-order valence-electron chi connectivity index (χ2n) is 5.49. The first-order valence-corrected chi connectivity index (χ1v) is 6.96. The van der Waals surface area contributed by atoms with Crippen LogP contribution < -0.4 is 5.32 Å². The summed E-state index contributed by atoms with van der Waals surface area (Å²) in [6.07, 6.45) is 4.68. The molecule has 2 N–H and O–H groups in total. The van der Waals surface area contributed by atoms with Gasteiger partial charge < -0.3 is 15.2 Å². The number of aliphatic hydroxyl groups is 1. The number of hydrogen-bond acceptors (Lipinski definition) is 4. The molecular weight excluding hydrogens is 242 g/mol. The number of carbonyl (C=O) groups excluding carboxylic acids is 1. The summed E-state index contributed by atoms with van der Waals surface area (Å²) in [7, 11) is 0. The molecule has 1 aliphatic carbocycles. The van der Waals surface area contributed by atoms with Gasteiger partial charge >= 0.3 is 5.97 Å². The predicted octanol–water partition coefficient (Wildman–Crippen LogP) is 2.22. The van der Waals surface area contributed by atoms with Crippen LogP contribution in [0.25, 0.3) is 0 Å². The van der Waals surface area contributed by atoms with Gasteiger partial charge in [-0.3, -0.25) is 0 Å². The highest BCUT2D eigenvalue weighted by Gasteiger charge is 2.37. The Labute approximate surface area is 112 Å². The standard InChI is InChI=1S/C15H19NO3/c17-14(19-15(18)8-4-1-5-9-15)13-10-11-6-2-3-7-12(11)16-13/h2-3,6-7,13,16,18H,1,4-5,8-10H2/t13-/m1/s1. The van der Waals surface area contributed by atoms with Gasteiger partial charge in [-0.05, 0) is 24.5 Å². The van der Waals surface area contributed by atoms with E-state index in [4.69, 9.17) is 4.74 Å². The fraction of sp³-hybridized carbons (Fsp3) is 0.533. The van der Waals surface area contributed by atoms with Crippen LogP contribution in [-0.2, 0) is 16.0 Å². The number of anilines is 1. The first-order valence-electron chi connectivity index (χ1n) is 6.96. The maximum atomic E-state index is 12.1. The third-order valence-corrected chi connectivity index (χ3v) is 3.98. The van der Waals surface area contributed by atoms with Gasteiger partial charge in [-0.25, -0.2) is 4.79 Å². The van der Waals surface area contributed by atoms with Crippen molar-refractivity contribution in [3.63, 3.8) is 0 Å². The minimum Gasteiger partial charge on any atom is -0.432 e. The molecule has 102 valence electrons. The lowest BCUT2D eigenvalue weighted by atomic mass is 9.94. The van der Waals surface area contributed by atoms with Crippen LogP contribution in [0, 0.1) is 0 Å². The third kappa shape index (κ3) is 2.59. The molecular formula is C15H19NO3. The average molecular weight is 261 g/mol. The molecule has 0 spiro atoms. The smallest absolute Gasteiger partial charge is 0.331 e. The lowest BCUT2D eigenvalue weighted by molar-refractivity contribution is -0.220. The van der Waals surface area contributed by atoms with E-state index in [2.05, 4.69) is 5.32 Å².